The first-order chi connectivity index (χ1) is 7.81. The van der Waals surface area contributed by atoms with Crippen LogP contribution in [0.15, 0.2) is 0 Å². The molecule has 0 saturated heterocycles. The summed E-state index contributed by atoms with van der Waals surface area (Å²) in [6.45, 7) is 13.2. The van der Waals surface area contributed by atoms with Crippen LogP contribution in [0.25, 0.3) is 0 Å². The molecule has 1 aromatic heterocycles. The molecule has 0 amide bonds. The summed E-state index contributed by atoms with van der Waals surface area (Å²) in [5, 5.41) is 1.27. The SMILES string of the molecule is CCC(CC)c1nc(C(C)(C)C)c(C(C)N)s1. The zero-order valence-electron chi connectivity index (χ0n) is 12.0. The van der Waals surface area contributed by atoms with Gasteiger partial charge in [-0.05, 0) is 19.8 Å². The molecular formula is C14H26N2S. The lowest BCUT2D eigenvalue weighted by atomic mass is 9.90. The van der Waals surface area contributed by atoms with Crippen molar-refractivity contribution in [3.63, 3.8) is 0 Å². The molecule has 0 aliphatic carbocycles. The Hall–Kier alpha value is -0.410. The Morgan fingerprint density at radius 1 is 1.24 bits per heavy atom. The fourth-order valence-corrected chi connectivity index (χ4v) is 3.50. The summed E-state index contributed by atoms with van der Waals surface area (Å²) in [5.74, 6) is 0.591. The molecule has 17 heavy (non-hydrogen) atoms. The molecule has 0 bridgehead atoms. The smallest absolute Gasteiger partial charge is 0.0962 e. The van der Waals surface area contributed by atoms with Crippen LogP contribution in [-0.4, -0.2) is 4.98 Å². The van der Waals surface area contributed by atoms with E-state index in [0.29, 0.717) is 5.92 Å². The second-order valence-corrected chi connectivity index (χ2v) is 6.88. The van der Waals surface area contributed by atoms with Crippen molar-refractivity contribution in [3.05, 3.63) is 15.6 Å². The molecule has 0 aliphatic rings. The summed E-state index contributed by atoms with van der Waals surface area (Å²) in [4.78, 5) is 6.15. The molecule has 2 N–H and O–H groups in total. The van der Waals surface area contributed by atoms with Gasteiger partial charge in [-0.1, -0.05) is 34.6 Å². The molecule has 1 rings (SSSR count). The van der Waals surface area contributed by atoms with Gasteiger partial charge in [0.2, 0.25) is 0 Å². The number of nitrogens with zero attached hydrogens (tertiary/aromatic N) is 1. The second kappa shape index (κ2) is 5.49. The minimum Gasteiger partial charge on any atom is -0.323 e. The largest absolute Gasteiger partial charge is 0.323 e. The van der Waals surface area contributed by atoms with E-state index in [2.05, 4.69) is 41.5 Å². The van der Waals surface area contributed by atoms with Gasteiger partial charge in [-0.2, -0.15) is 0 Å². The van der Waals surface area contributed by atoms with Gasteiger partial charge < -0.3 is 5.73 Å². The van der Waals surface area contributed by atoms with Gasteiger partial charge in [0.15, 0.2) is 0 Å². The van der Waals surface area contributed by atoms with Crippen molar-refractivity contribution in [3.8, 4) is 0 Å². The highest BCUT2D eigenvalue weighted by atomic mass is 32.1. The highest BCUT2D eigenvalue weighted by Gasteiger charge is 2.26. The van der Waals surface area contributed by atoms with Gasteiger partial charge >= 0.3 is 0 Å². The maximum atomic E-state index is 6.08. The first-order valence-electron chi connectivity index (χ1n) is 6.57. The van der Waals surface area contributed by atoms with E-state index >= 15 is 0 Å². The van der Waals surface area contributed by atoms with Crippen LogP contribution in [0.2, 0.25) is 0 Å². The molecule has 3 heteroatoms. The standard InChI is InChI=1S/C14H26N2S/c1-7-10(8-2)13-16-12(14(4,5)6)11(17-13)9(3)15/h9-10H,7-8,15H2,1-6H3. The Bertz CT molecular complexity index is 357. The molecule has 0 radical (unpaired) electrons. The zero-order chi connectivity index (χ0) is 13.2. The van der Waals surface area contributed by atoms with Crippen molar-refractivity contribution >= 4 is 11.3 Å². The molecule has 0 aliphatic heterocycles. The summed E-state index contributed by atoms with van der Waals surface area (Å²) in [6, 6.07) is 0.0878. The van der Waals surface area contributed by atoms with Gasteiger partial charge in [0.25, 0.3) is 0 Å². The summed E-state index contributed by atoms with van der Waals surface area (Å²) < 4.78 is 0. The molecule has 0 saturated carbocycles. The lowest BCUT2D eigenvalue weighted by Crippen LogP contribution is -2.17. The van der Waals surface area contributed by atoms with Crippen molar-refractivity contribution in [1.82, 2.24) is 4.98 Å². The minimum atomic E-state index is 0.0870. The fourth-order valence-electron chi connectivity index (χ4n) is 2.01. The van der Waals surface area contributed by atoms with Crippen LogP contribution >= 0.6 is 11.3 Å². The monoisotopic (exact) mass is 254 g/mol. The highest BCUT2D eigenvalue weighted by molar-refractivity contribution is 7.12. The van der Waals surface area contributed by atoms with E-state index in [0.717, 1.165) is 12.8 Å². The molecular weight excluding hydrogens is 228 g/mol. The molecule has 2 nitrogen and oxygen atoms in total. The lowest BCUT2D eigenvalue weighted by Gasteiger charge is -2.19. The molecule has 0 fully saturated rings. The molecule has 1 atom stereocenters. The quantitative estimate of drug-likeness (QED) is 0.867. The Morgan fingerprint density at radius 3 is 2.06 bits per heavy atom. The zero-order valence-corrected chi connectivity index (χ0v) is 12.8. The van der Waals surface area contributed by atoms with Crippen LogP contribution in [-0.2, 0) is 5.41 Å². The molecule has 0 spiro atoms. The van der Waals surface area contributed by atoms with Crippen LogP contribution in [0.4, 0.5) is 0 Å². The molecule has 0 aromatic carbocycles. The van der Waals surface area contributed by atoms with E-state index in [4.69, 9.17) is 10.7 Å². The van der Waals surface area contributed by atoms with Crippen LogP contribution in [0, 0.1) is 0 Å². The average molecular weight is 254 g/mol. The van der Waals surface area contributed by atoms with Crippen LogP contribution in [0.5, 0.6) is 0 Å². The topological polar surface area (TPSA) is 38.9 Å². The predicted molar refractivity (Wildman–Crippen MR) is 76.7 cm³/mol. The van der Waals surface area contributed by atoms with Gasteiger partial charge in [0, 0.05) is 22.3 Å². The fraction of sp³-hybridized carbons (Fsp3) is 0.786. The Morgan fingerprint density at radius 2 is 1.76 bits per heavy atom. The molecule has 1 aromatic rings. The highest BCUT2D eigenvalue weighted by Crippen LogP contribution is 2.37. The molecule has 1 unspecified atom stereocenters. The van der Waals surface area contributed by atoms with Crippen LogP contribution < -0.4 is 5.73 Å². The van der Waals surface area contributed by atoms with Crippen LogP contribution in [0.1, 0.15) is 81.9 Å². The van der Waals surface area contributed by atoms with E-state index in [-0.39, 0.29) is 11.5 Å². The minimum absolute atomic E-state index is 0.0870. The van der Waals surface area contributed by atoms with Crippen molar-refractivity contribution < 1.29 is 0 Å². The molecule has 98 valence electrons. The Balaban J connectivity index is 3.21. The number of rotatable bonds is 4. The van der Waals surface area contributed by atoms with Crippen molar-refractivity contribution in [2.75, 3.05) is 0 Å². The number of aromatic nitrogens is 1. The van der Waals surface area contributed by atoms with Crippen molar-refractivity contribution in [2.45, 2.75) is 71.8 Å². The third-order valence-corrected chi connectivity index (χ3v) is 4.55. The van der Waals surface area contributed by atoms with E-state index in [1.807, 2.05) is 11.3 Å². The van der Waals surface area contributed by atoms with Gasteiger partial charge in [0.1, 0.15) is 0 Å². The van der Waals surface area contributed by atoms with Gasteiger partial charge in [0.05, 0.1) is 10.7 Å². The number of nitrogens with two attached hydrogens (primary N) is 1. The van der Waals surface area contributed by atoms with E-state index in [9.17, 15) is 0 Å². The summed E-state index contributed by atoms with van der Waals surface area (Å²) in [7, 11) is 0. The first-order valence-corrected chi connectivity index (χ1v) is 7.39. The second-order valence-electron chi connectivity index (χ2n) is 5.82. The Kier molecular flexibility index (Phi) is 4.73. The van der Waals surface area contributed by atoms with Crippen LogP contribution in [0.3, 0.4) is 0 Å². The third-order valence-electron chi connectivity index (χ3n) is 3.13. The first kappa shape index (κ1) is 14.7. The number of hydrogen-bond donors (Lipinski definition) is 1. The third kappa shape index (κ3) is 3.29. The maximum Gasteiger partial charge on any atom is 0.0962 e. The number of hydrogen-bond acceptors (Lipinski definition) is 3. The lowest BCUT2D eigenvalue weighted by molar-refractivity contribution is 0.551. The van der Waals surface area contributed by atoms with Crippen molar-refractivity contribution in [2.24, 2.45) is 5.73 Å². The van der Waals surface area contributed by atoms with E-state index < -0.39 is 0 Å². The summed E-state index contributed by atoms with van der Waals surface area (Å²) >= 11 is 1.82. The average Bonchev–Trinajstić information content (AvgIpc) is 2.64. The van der Waals surface area contributed by atoms with Crippen molar-refractivity contribution in [1.29, 1.82) is 0 Å². The normalized spacial score (nSPS) is 14.4. The number of thiazole rings is 1. The summed E-state index contributed by atoms with van der Waals surface area (Å²) in [5.41, 5.74) is 7.36. The van der Waals surface area contributed by atoms with E-state index in [1.165, 1.54) is 15.6 Å². The molecule has 1 heterocycles. The van der Waals surface area contributed by atoms with Gasteiger partial charge in [-0.3, -0.25) is 0 Å². The van der Waals surface area contributed by atoms with Gasteiger partial charge in [-0.15, -0.1) is 11.3 Å². The maximum absolute atomic E-state index is 6.08. The summed E-state index contributed by atoms with van der Waals surface area (Å²) in [6.07, 6.45) is 2.32. The predicted octanol–water partition coefficient (Wildman–Crippen LogP) is 4.36. The Labute approximate surface area is 110 Å². The van der Waals surface area contributed by atoms with Gasteiger partial charge in [-0.25, -0.2) is 4.98 Å². The van der Waals surface area contributed by atoms with E-state index in [1.54, 1.807) is 0 Å².